The van der Waals surface area contributed by atoms with Crippen LogP contribution in [0.1, 0.15) is 36.3 Å². The van der Waals surface area contributed by atoms with Crippen LogP contribution in [0.15, 0.2) is 45.9 Å². The fraction of sp³-hybridized carbons (Fsp3) is 0.261. The van der Waals surface area contributed by atoms with E-state index in [1.165, 1.54) is 23.3 Å². The van der Waals surface area contributed by atoms with Crippen molar-refractivity contribution in [1.29, 1.82) is 0 Å². The zero-order valence-corrected chi connectivity index (χ0v) is 16.5. The molecule has 5 heteroatoms. The molecule has 142 valence electrons. The number of phenolic OH excluding ortho intramolecular Hbond substituents is 1. The Kier molecular flexibility index (Phi) is 4.03. The summed E-state index contributed by atoms with van der Waals surface area (Å²) in [4.78, 5) is 15.4. The van der Waals surface area contributed by atoms with E-state index in [0.29, 0.717) is 11.3 Å². The number of aromatic nitrogens is 1. The quantitative estimate of drug-likeness (QED) is 0.450. The summed E-state index contributed by atoms with van der Waals surface area (Å²) in [5.74, 6) is 0.646. The van der Waals surface area contributed by atoms with Gasteiger partial charge in [0.2, 0.25) is 0 Å². The molecular formula is C23H22N2O2S. The Morgan fingerprint density at radius 1 is 1.14 bits per heavy atom. The highest BCUT2D eigenvalue weighted by Gasteiger charge is 2.25. The molecule has 0 saturated heterocycles. The van der Waals surface area contributed by atoms with Gasteiger partial charge in [-0.05, 0) is 53.8 Å². The van der Waals surface area contributed by atoms with Gasteiger partial charge in [0.25, 0.3) is 5.56 Å². The van der Waals surface area contributed by atoms with E-state index in [1.807, 2.05) is 17.7 Å². The number of aryl methyl sites for hydroxylation is 1. The third kappa shape index (κ3) is 2.58. The van der Waals surface area contributed by atoms with Gasteiger partial charge >= 0.3 is 0 Å². The Morgan fingerprint density at radius 3 is 2.61 bits per heavy atom. The van der Waals surface area contributed by atoms with Gasteiger partial charge in [0.1, 0.15) is 5.75 Å². The molecule has 4 nitrogen and oxygen atoms in total. The molecule has 1 aliphatic rings. The van der Waals surface area contributed by atoms with E-state index in [4.69, 9.17) is 5.73 Å². The number of thiophene rings is 1. The van der Waals surface area contributed by atoms with E-state index >= 15 is 0 Å². The number of nitrogens with two attached hydrogens (primary N) is 1. The lowest BCUT2D eigenvalue weighted by Gasteiger charge is -2.17. The maximum atomic E-state index is 12.4. The van der Waals surface area contributed by atoms with Crippen molar-refractivity contribution in [1.82, 2.24) is 4.98 Å². The van der Waals surface area contributed by atoms with E-state index in [1.54, 1.807) is 6.07 Å². The number of phenols is 1. The predicted octanol–water partition coefficient (Wildman–Crippen LogP) is 5.02. The van der Waals surface area contributed by atoms with Crippen molar-refractivity contribution >= 4 is 33.0 Å². The number of H-pyrrole nitrogens is 1. The first kappa shape index (κ1) is 17.5. The SMILES string of the molecule is Cc1cc(O)c(-c2ccc([C@@H]3CCC[C@@H]3N)cc2)c2c1[nH]c(=O)c1cscc12. The van der Waals surface area contributed by atoms with Crippen LogP contribution in [0.3, 0.4) is 0 Å². The smallest absolute Gasteiger partial charge is 0.257 e. The number of benzene rings is 2. The van der Waals surface area contributed by atoms with Crippen molar-refractivity contribution in [3.63, 3.8) is 0 Å². The van der Waals surface area contributed by atoms with Crippen LogP contribution < -0.4 is 11.3 Å². The molecule has 5 rings (SSSR count). The summed E-state index contributed by atoms with van der Waals surface area (Å²) in [6.07, 6.45) is 3.40. The normalized spacial score (nSPS) is 19.6. The van der Waals surface area contributed by atoms with E-state index < -0.39 is 0 Å². The van der Waals surface area contributed by atoms with Gasteiger partial charge in [0.05, 0.1) is 10.9 Å². The summed E-state index contributed by atoms with van der Waals surface area (Å²) in [5, 5.41) is 17.1. The van der Waals surface area contributed by atoms with E-state index in [0.717, 1.165) is 45.8 Å². The van der Waals surface area contributed by atoms with Crippen molar-refractivity contribution in [3.8, 4) is 16.9 Å². The molecule has 2 heterocycles. The second kappa shape index (κ2) is 6.47. The van der Waals surface area contributed by atoms with Gasteiger partial charge in [-0.1, -0.05) is 30.7 Å². The Labute approximate surface area is 166 Å². The molecule has 2 aromatic carbocycles. The van der Waals surface area contributed by atoms with Gasteiger partial charge in [-0.3, -0.25) is 4.79 Å². The van der Waals surface area contributed by atoms with Crippen LogP contribution in [-0.2, 0) is 0 Å². The molecule has 2 atom stereocenters. The predicted molar refractivity (Wildman–Crippen MR) is 116 cm³/mol. The van der Waals surface area contributed by atoms with Crippen LogP contribution >= 0.6 is 11.3 Å². The lowest BCUT2D eigenvalue weighted by Crippen LogP contribution is -2.22. The first-order chi connectivity index (χ1) is 13.5. The second-order valence-electron chi connectivity index (χ2n) is 7.81. The monoisotopic (exact) mass is 390 g/mol. The average molecular weight is 391 g/mol. The van der Waals surface area contributed by atoms with Crippen molar-refractivity contribution in [2.75, 3.05) is 0 Å². The average Bonchev–Trinajstić information content (AvgIpc) is 3.33. The topological polar surface area (TPSA) is 79.1 Å². The van der Waals surface area contributed by atoms with Crippen LogP contribution in [0.4, 0.5) is 0 Å². The molecule has 0 bridgehead atoms. The lowest BCUT2D eigenvalue weighted by molar-refractivity contribution is 0.477. The fourth-order valence-electron chi connectivity index (χ4n) is 4.67. The molecule has 0 radical (unpaired) electrons. The van der Waals surface area contributed by atoms with E-state index in [-0.39, 0.29) is 17.4 Å². The van der Waals surface area contributed by atoms with Crippen LogP contribution in [-0.4, -0.2) is 16.1 Å². The molecule has 0 spiro atoms. The Balaban J connectivity index is 1.75. The van der Waals surface area contributed by atoms with Gasteiger partial charge in [-0.25, -0.2) is 0 Å². The van der Waals surface area contributed by atoms with E-state index in [9.17, 15) is 9.90 Å². The minimum absolute atomic E-state index is 0.0888. The molecule has 28 heavy (non-hydrogen) atoms. The van der Waals surface area contributed by atoms with Crippen LogP contribution in [0.2, 0.25) is 0 Å². The third-order valence-corrected chi connectivity index (χ3v) is 6.86. The summed E-state index contributed by atoms with van der Waals surface area (Å²) in [7, 11) is 0. The second-order valence-corrected chi connectivity index (χ2v) is 8.56. The third-order valence-electron chi connectivity index (χ3n) is 6.12. The van der Waals surface area contributed by atoms with Gasteiger partial charge in [0.15, 0.2) is 0 Å². The Hall–Kier alpha value is -2.63. The summed E-state index contributed by atoms with van der Waals surface area (Å²) < 4.78 is 0. The van der Waals surface area contributed by atoms with Crippen molar-refractivity contribution in [2.45, 2.75) is 38.1 Å². The summed E-state index contributed by atoms with van der Waals surface area (Å²) in [5.41, 5.74) is 10.8. The first-order valence-electron chi connectivity index (χ1n) is 9.65. The van der Waals surface area contributed by atoms with E-state index in [2.05, 4.69) is 29.2 Å². The lowest BCUT2D eigenvalue weighted by atomic mass is 9.90. The van der Waals surface area contributed by atoms with Gasteiger partial charge in [-0.2, -0.15) is 11.3 Å². The van der Waals surface area contributed by atoms with Gasteiger partial charge in [-0.15, -0.1) is 0 Å². The number of hydrogen-bond donors (Lipinski definition) is 3. The fourth-order valence-corrected chi connectivity index (χ4v) is 5.49. The number of fused-ring (bicyclic) bond motifs is 3. The maximum absolute atomic E-state index is 12.4. The van der Waals surface area contributed by atoms with Crippen molar-refractivity contribution in [2.24, 2.45) is 5.73 Å². The first-order valence-corrected chi connectivity index (χ1v) is 10.6. The molecule has 0 unspecified atom stereocenters. The molecule has 4 N–H and O–H groups in total. The Morgan fingerprint density at radius 2 is 1.89 bits per heavy atom. The molecule has 2 aromatic heterocycles. The number of aromatic hydroxyl groups is 1. The minimum atomic E-state index is -0.0888. The molecular weight excluding hydrogens is 368 g/mol. The highest BCUT2D eigenvalue weighted by Crippen LogP contribution is 2.42. The van der Waals surface area contributed by atoms with Gasteiger partial charge in [0, 0.05) is 27.8 Å². The zero-order chi connectivity index (χ0) is 19.4. The standard InChI is InChI=1S/C23H22N2O2S/c1-12-9-19(26)20(21-16-10-28-11-17(16)23(27)25-22(12)21)14-7-5-13(6-8-14)15-3-2-4-18(15)24/h5-11,15,18,26H,2-4,24H2,1H3,(H,25,27)/t15-,18-/m0/s1. The molecule has 1 saturated carbocycles. The van der Waals surface area contributed by atoms with Crippen molar-refractivity contribution in [3.05, 3.63) is 62.6 Å². The summed E-state index contributed by atoms with van der Waals surface area (Å²) in [6, 6.07) is 10.3. The number of pyridine rings is 1. The number of hydrogen-bond acceptors (Lipinski definition) is 4. The maximum Gasteiger partial charge on any atom is 0.257 e. The van der Waals surface area contributed by atoms with Gasteiger partial charge < -0.3 is 15.8 Å². The summed E-state index contributed by atoms with van der Waals surface area (Å²) >= 11 is 1.50. The molecule has 1 fully saturated rings. The molecule has 0 aliphatic heterocycles. The molecule has 1 aliphatic carbocycles. The molecule has 4 aromatic rings. The van der Waals surface area contributed by atoms with Crippen LogP contribution in [0.5, 0.6) is 5.75 Å². The largest absolute Gasteiger partial charge is 0.507 e. The summed E-state index contributed by atoms with van der Waals surface area (Å²) in [6.45, 7) is 1.91. The number of nitrogens with one attached hydrogen (secondary N) is 1. The van der Waals surface area contributed by atoms with Crippen LogP contribution in [0, 0.1) is 6.92 Å². The number of rotatable bonds is 2. The molecule has 0 amide bonds. The zero-order valence-electron chi connectivity index (χ0n) is 15.7. The Bertz CT molecular complexity index is 1250. The van der Waals surface area contributed by atoms with Crippen LogP contribution in [0.25, 0.3) is 32.8 Å². The highest BCUT2D eigenvalue weighted by molar-refractivity contribution is 7.09. The minimum Gasteiger partial charge on any atom is -0.507 e. The van der Waals surface area contributed by atoms with Crippen molar-refractivity contribution < 1.29 is 5.11 Å². The number of aromatic amines is 1. The highest BCUT2D eigenvalue weighted by atomic mass is 32.1.